The quantitative estimate of drug-likeness (QED) is 0.113. The molecule has 0 aliphatic heterocycles. The van der Waals surface area contributed by atoms with E-state index in [1.807, 2.05) is 0 Å². The van der Waals surface area contributed by atoms with E-state index >= 15 is 0 Å². The number of nitrogens with two attached hydrogens (primary N) is 1. The smallest absolute Gasteiger partial charge is 0.323 e. The first-order chi connectivity index (χ1) is 13.1. The first-order valence-electron chi connectivity index (χ1n) is 7.75. The Balaban J connectivity index is 2.90. The van der Waals surface area contributed by atoms with E-state index < -0.39 is 43.7 Å². The van der Waals surface area contributed by atoms with Crippen molar-refractivity contribution in [2.24, 2.45) is 10.7 Å². The zero-order valence-electron chi connectivity index (χ0n) is 15.0. The van der Waals surface area contributed by atoms with E-state index in [1.54, 1.807) is 5.43 Å². The van der Waals surface area contributed by atoms with Gasteiger partial charge >= 0.3 is 5.97 Å². The third-order valence-corrected chi connectivity index (χ3v) is 4.83. The number of aliphatic imine (C=N–C) groups is 1. The standard InChI is InChI=1S/C14H20FN5O7S/c1-26-11-6-5-9(15)8-12(11)28(24,25)19-10(13(21)27-2)4-3-7-17-14(16)18-20(22)23/h5-6,8,10,19H,3-4,7H2,1-2H3,(H3,16,17,18). The second-order valence-electron chi connectivity index (χ2n) is 5.27. The molecule has 0 radical (unpaired) electrons. The number of esters is 1. The highest BCUT2D eigenvalue weighted by molar-refractivity contribution is 7.89. The predicted molar refractivity (Wildman–Crippen MR) is 94.9 cm³/mol. The number of nitrogens with one attached hydrogen (secondary N) is 2. The van der Waals surface area contributed by atoms with E-state index in [2.05, 4.69) is 14.5 Å². The molecule has 0 saturated carbocycles. The van der Waals surface area contributed by atoms with Crippen LogP contribution >= 0.6 is 0 Å². The van der Waals surface area contributed by atoms with Gasteiger partial charge in [0.25, 0.3) is 5.96 Å². The zero-order valence-corrected chi connectivity index (χ0v) is 15.9. The molecule has 1 aromatic carbocycles. The summed E-state index contributed by atoms with van der Waals surface area (Å²) in [5.41, 5.74) is 6.89. The van der Waals surface area contributed by atoms with Crippen molar-refractivity contribution in [3.63, 3.8) is 0 Å². The minimum absolute atomic E-state index is 0.0226. The van der Waals surface area contributed by atoms with Crippen LogP contribution in [0.4, 0.5) is 4.39 Å². The monoisotopic (exact) mass is 421 g/mol. The van der Waals surface area contributed by atoms with E-state index in [1.165, 1.54) is 7.11 Å². The van der Waals surface area contributed by atoms with Crippen LogP contribution in [0.1, 0.15) is 12.8 Å². The summed E-state index contributed by atoms with van der Waals surface area (Å²) in [6.45, 7) is -0.0226. The van der Waals surface area contributed by atoms with Gasteiger partial charge in [-0.2, -0.15) is 4.72 Å². The summed E-state index contributed by atoms with van der Waals surface area (Å²) in [7, 11) is -2.04. The number of hydrogen-bond acceptors (Lipinski definition) is 8. The van der Waals surface area contributed by atoms with Crippen LogP contribution in [0.15, 0.2) is 28.1 Å². The molecule has 4 N–H and O–H groups in total. The average molecular weight is 421 g/mol. The molecule has 0 amide bonds. The highest BCUT2D eigenvalue weighted by Crippen LogP contribution is 2.24. The number of hydrogen-bond donors (Lipinski definition) is 3. The van der Waals surface area contributed by atoms with Gasteiger partial charge in [-0.3, -0.25) is 4.79 Å². The molecule has 0 saturated heterocycles. The van der Waals surface area contributed by atoms with Crippen LogP contribution in [0.3, 0.4) is 0 Å². The van der Waals surface area contributed by atoms with Crippen molar-refractivity contribution in [1.29, 1.82) is 0 Å². The molecular formula is C14H20FN5O7S. The Bertz CT molecular complexity index is 846. The molecule has 0 spiro atoms. The number of nitro groups is 1. The molecular weight excluding hydrogens is 401 g/mol. The van der Waals surface area contributed by atoms with Gasteiger partial charge < -0.3 is 15.2 Å². The van der Waals surface area contributed by atoms with Crippen LogP contribution in [-0.2, 0) is 19.6 Å². The van der Waals surface area contributed by atoms with Crippen molar-refractivity contribution >= 4 is 22.0 Å². The molecule has 0 fully saturated rings. The van der Waals surface area contributed by atoms with Crippen LogP contribution in [-0.4, -0.2) is 52.2 Å². The topological polar surface area (TPSA) is 175 Å². The maximum absolute atomic E-state index is 13.5. The Morgan fingerprint density at radius 2 is 2.11 bits per heavy atom. The molecule has 1 unspecified atom stereocenters. The summed E-state index contributed by atoms with van der Waals surface area (Å²) in [4.78, 5) is 25.3. The highest BCUT2D eigenvalue weighted by Gasteiger charge is 2.28. The first kappa shape index (κ1) is 23.0. The number of guanidine groups is 1. The van der Waals surface area contributed by atoms with Gasteiger partial charge in [-0.05, 0) is 31.0 Å². The van der Waals surface area contributed by atoms with E-state index in [9.17, 15) is 27.7 Å². The number of halogens is 1. The van der Waals surface area contributed by atoms with Crippen molar-refractivity contribution in [1.82, 2.24) is 10.1 Å². The second kappa shape index (κ2) is 10.4. The SMILES string of the molecule is COC(=O)C(CCCN=C(N)N[N+](=O)[O-])NS(=O)(=O)c1cc(F)ccc1OC. The summed E-state index contributed by atoms with van der Waals surface area (Å²) in [6.07, 6.45) is 0.0848. The lowest BCUT2D eigenvalue weighted by Gasteiger charge is -2.17. The maximum atomic E-state index is 13.5. The number of carbonyl (C=O) groups is 1. The lowest BCUT2D eigenvalue weighted by Crippen LogP contribution is -2.41. The molecule has 1 rings (SSSR count). The van der Waals surface area contributed by atoms with Gasteiger partial charge in [0, 0.05) is 6.54 Å². The number of nitrogens with zero attached hydrogens (tertiary/aromatic N) is 2. The third kappa shape index (κ3) is 6.96. The van der Waals surface area contributed by atoms with Crippen molar-refractivity contribution in [2.75, 3.05) is 20.8 Å². The molecule has 0 aliphatic rings. The molecule has 0 heterocycles. The van der Waals surface area contributed by atoms with Crippen molar-refractivity contribution < 1.29 is 32.1 Å². The summed E-state index contributed by atoms with van der Waals surface area (Å²) in [5.74, 6) is -2.23. The Hall–Kier alpha value is -3.00. The van der Waals surface area contributed by atoms with E-state index in [0.717, 1.165) is 25.3 Å². The Morgan fingerprint density at radius 1 is 1.43 bits per heavy atom. The lowest BCUT2D eigenvalue weighted by atomic mass is 10.2. The van der Waals surface area contributed by atoms with Gasteiger partial charge in [0.1, 0.15) is 22.5 Å². The minimum Gasteiger partial charge on any atom is -0.495 e. The molecule has 0 aromatic heterocycles. The molecule has 14 heteroatoms. The number of carbonyl (C=O) groups excluding carboxylic acids is 1. The fourth-order valence-electron chi connectivity index (χ4n) is 2.10. The molecule has 0 bridgehead atoms. The maximum Gasteiger partial charge on any atom is 0.323 e. The van der Waals surface area contributed by atoms with E-state index in [4.69, 9.17) is 10.5 Å². The van der Waals surface area contributed by atoms with Crippen LogP contribution in [0.25, 0.3) is 0 Å². The Morgan fingerprint density at radius 3 is 2.68 bits per heavy atom. The lowest BCUT2D eigenvalue weighted by molar-refractivity contribution is -0.525. The van der Waals surface area contributed by atoms with Crippen LogP contribution in [0, 0.1) is 15.9 Å². The number of ether oxygens (including phenoxy) is 2. The Labute approximate surface area is 160 Å². The summed E-state index contributed by atoms with van der Waals surface area (Å²) >= 11 is 0. The first-order valence-corrected chi connectivity index (χ1v) is 9.23. The number of hydrazine groups is 1. The fraction of sp³-hybridized carbons (Fsp3) is 0.429. The van der Waals surface area contributed by atoms with E-state index in [-0.39, 0.29) is 25.1 Å². The third-order valence-electron chi connectivity index (χ3n) is 3.34. The van der Waals surface area contributed by atoms with Crippen LogP contribution in [0.5, 0.6) is 5.75 Å². The number of methoxy groups -OCH3 is 2. The normalized spacial score (nSPS) is 12.9. The van der Waals surface area contributed by atoms with Crippen LogP contribution in [0.2, 0.25) is 0 Å². The van der Waals surface area contributed by atoms with E-state index in [0.29, 0.717) is 0 Å². The van der Waals surface area contributed by atoms with Gasteiger partial charge in [0.15, 0.2) is 5.03 Å². The predicted octanol–water partition coefficient (Wildman–Crippen LogP) is -0.470. The highest BCUT2D eigenvalue weighted by atomic mass is 32.2. The Kier molecular flexibility index (Phi) is 8.53. The molecule has 1 atom stereocenters. The second-order valence-corrected chi connectivity index (χ2v) is 6.95. The van der Waals surface area contributed by atoms with Crippen molar-refractivity contribution in [3.05, 3.63) is 34.1 Å². The summed E-state index contributed by atoms with van der Waals surface area (Å²) in [5, 5.41) is 9.31. The van der Waals surface area contributed by atoms with Gasteiger partial charge in [-0.15, -0.1) is 0 Å². The molecule has 156 valence electrons. The molecule has 1 aromatic rings. The van der Waals surface area contributed by atoms with Crippen LogP contribution < -0.4 is 20.6 Å². The number of benzene rings is 1. The van der Waals surface area contributed by atoms with Crippen molar-refractivity contribution in [2.45, 2.75) is 23.8 Å². The summed E-state index contributed by atoms with van der Waals surface area (Å²) < 4.78 is 50.2. The van der Waals surface area contributed by atoms with Crippen molar-refractivity contribution in [3.8, 4) is 5.75 Å². The minimum atomic E-state index is -4.33. The fourth-order valence-corrected chi connectivity index (χ4v) is 3.50. The summed E-state index contributed by atoms with van der Waals surface area (Å²) in [6, 6.07) is 1.61. The van der Waals surface area contributed by atoms with Gasteiger partial charge in [0.2, 0.25) is 10.0 Å². The average Bonchev–Trinajstić information content (AvgIpc) is 2.62. The van der Waals surface area contributed by atoms with Gasteiger partial charge in [-0.1, -0.05) is 5.43 Å². The largest absolute Gasteiger partial charge is 0.495 e. The van der Waals surface area contributed by atoms with Gasteiger partial charge in [-0.25, -0.2) is 27.9 Å². The zero-order chi connectivity index (χ0) is 21.3. The van der Waals surface area contributed by atoms with Gasteiger partial charge in [0.05, 0.1) is 14.2 Å². The number of rotatable bonds is 10. The molecule has 0 aliphatic carbocycles. The molecule has 12 nitrogen and oxygen atoms in total. The molecule has 28 heavy (non-hydrogen) atoms. The number of sulfonamides is 1.